The number of hydrogen-bond acceptors (Lipinski definition) is 17. The van der Waals surface area contributed by atoms with Crippen molar-refractivity contribution in [3.63, 3.8) is 0 Å². The zero-order chi connectivity index (χ0) is 39.2. The molecule has 0 aromatic carbocycles. The van der Waals surface area contributed by atoms with E-state index in [2.05, 4.69) is 0 Å². The molecule has 3 N–H and O–H groups in total. The monoisotopic (exact) mass is 760 g/mol. The van der Waals surface area contributed by atoms with Gasteiger partial charge in [0.05, 0.1) is 42.5 Å². The fraction of sp³-hybridized carbons (Fsp3) is 0.757. The molecule has 5 saturated carbocycles. The van der Waals surface area contributed by atoms with Gasteiger partial charge in [0.1, 0.15) is 29.5 Å². The molecule has 5 aliphatic carbocycles. The molecule has 4 heterocycles. The molecule has 1 aromatic heterocycles. The number of rotatable bonds is 7. The molecule has 8 fully saturated rings. The van der Waals surface area contributed by atoms with E-state index in [0.717, 1.165) is 13.8 Å². The molecule has 0 unspecified atom stereocenters. The molecule has 1 spiro atoms. The third kappa shape index (κ3) is 3.27. The Kier molecular flexibility index (Phi) is 6.70. The third-order valence-corrected chi connectivity index (χ3v) is 15.0. The van der Waals surface area contributed by atoms with E-state index in [9.17, 15) is 39.3 Å². The average Bonchev–Trinajstić information content (AvgIpc) is 3.43. The zero-order valence-electron chi connectivity index (χ0n) is 31.0. The molecule has 54 heavy (non-hydrogen) atoms. The Balaban J connectivity index is 1.44. The molecule has 17 heteroatoms. The van der Waals surface area contributed by atoms with Gasteiger partial charge in [-0.2, -0.15) is 0 Å². The highest BCUT2D eigenvalue weighted by atomic mass is 17.0. The second-order valence-electron chi connectivity index (χ2n) is 17.4. The molecular formula is C37H44O17. The van der Waals surface area contributed by atoms with Gasteiger partial charge in [0, 0.05) is 43.6 Å². The average molecular weight is 761 g/mol. The van der Waals surface area contributed by atoms with Crippen molar-refractivity contribution in [2.75, 3.05) is 7.11 Å². The minimum Gasteiger partial charge on any atom is -0.472 e. The minimum atomic E-state index is -2.77. The predicted molar refractivity (Wildman–Crippen MR) is 171 cm³/mol. The Morgan fingerprint density at radius 2 is 1.63 bits per heavy atom. The third-order valence-electron chi connectivity index (χ3n) is 15.0. The second-order valence-corrected chi connectivity index (χ2v) is 17.4. The maximum Gasteiger partial charge on any atom is 0.348 e. The number of cyclic esters (lactones) is 1. The standard InChI is InChI=1S/C37H44O17/c1-15(2)25(42)51-28-35(45)27(49-17(4)39)29(5)13-34(35,44)30(6,19(29)11-20(40)46-8)36-23-21(41)32-14-33(32,37(28,36)54-31(7,52-23)53-36)24(48-16(3)38)26(43)50-22(32)18-9-10-47-12-18/h9-10,12,15,19,21-24,27-28,41,44-45H,11,13-14H2,1-8H3/t19-,21-,22-,23+,24-,27-,28+,29+,30+,31+,32-,33+,34+,35+,36-,37-/m0/s1. The Morgan fingerprint density at radius 3 is 2.22 bits per heavy atom. The first kappa shape index (κ1) is 36.1. The number of hydrogen-bond donors (Lipinski definition) is 3. The summed E-state index contributed by atoms with van der Waals surface area (Å²) in [5.74, 6) is -8.44. The second kappa shape index (κ2) is 10.0. The smallest absolute Gasteiger partial charge is 0.348 e. The van der Waals surface area contributed by atoms with Crippen LogP contribution in [0, 0.1) is 33.5 Å². The van der Waals surface area contributed by atoms with Crippen LogP contribution in [0.4, 0.5) is 0 Å². The van der Waals surface area contributed by atoms with Gasteiger partial charge in [-0.15, -0.1) is 0 Å². The van der Waals surface area contributed by atoms with Crippen LogP contribution in [0.1, 0.15) is 79.4 Å². The number of ether oxygens (including phenoxy) is 8. The van der Waals surface area contributed by atoms with E-state index in [1.54, 1.807) is 27.7 Å². The summed E-state index contributed by atoms with van der Waals surface area (Å²) in [5.41, 5.74) is -16.5. The summed E-state index contributed by atoms with van der Waals surface area (Å²) in [7, 11) is 1.19. The van der Waals surface area contributed by atoms with Crippen LogP contribution in [0.2, 0.25) is 0 Å². The van der Waals surface area contributed by atoms with Crippen LogP contribution in [-0.2, 0) is 61.9 Å². The van der Waals surface area contributed by atoms with Crippen molar-refractivity contribution in [1.29, 1.82) is 0 Å². The van der Waals surface area contributed by atoms with Crippen molar-refractivity contribution < 1.29 is 81.6 Å². The lowest BCUT2D eigenvalue weighted by atomic mass is 9.33. The number of esters is 5. The summed E-state index contributed by atoms with van der Waals surface area (Å²) in [5, 5.41) is 40.3. The highest BCUT2D eigenvalue weighted by Gasteiger charge is 3.11. The Labute approximate surface area is 308 Å². The first-order chi connectivity index (χ1) is 25.1. The predicted octanol–water partition coefficient (Wildman–Crippen LogP) is 0.742. The molecular weight excluding hydrogens is 716 g/mol. The summed E-state index contributed by atoms with van der Waals surface area (Å²) in [4.78, 5) is 68.0. The fourth-order valence-electron chi connectivity index (χ4n) is 13.6. The van der Waals surface area contributed by atoms with Crippen molar-refractivity contribution in [2.45, 2.75) is 133 Å². The van der Waals surface area contributed by atoms with Gasteiger partial charge in [-0.05, 0) is 24.8 Å². The molecule has 8 aliphatic rings. The van der Waals surface area contributed by atoms with E-state index in [0.29, 0.717) is 5.56 Å². The minimum absolute atomic E-state index is 0.223. The number of aliphatic hydroxyl groups is 3. The Bertz CT molecular complexity index is 1910. The van der Waals surface area contributed by atoms with Gasteiger partial charge in [0.25, 0.3) is 5.97 Å². The van der Waals surface area contributed by atoms with Crippen LogP contribution in [-0.4, -0.2) is 111 Å². The van der Waals surface area contributed by atoms with Gasteiger partial charge >= 0.3 is 29.8 Å². The molecule has 1 aromatic rings. The van der Waals surface area contributed by atoms with Crippen molar-refractivity contribution in [3.05, 3.63) is 24.2 Å². The van der Waals surface area contributed by atoms with Crippen LogP contribution < -0.4 is 0 Å². The number of aliphatic hydroxyl groups excluding tert-OH is 1. The summed E-state index contributed by atoms with van der Waals surface area (Å²) in [6, 6.07) is 1.54. The number of carbonyl (C=O) groups excluding carboxylic acids is 5. The molecule has 9 rings (SSSR count). The quantitative estimate of drug-likeness (QED) is 0.257. The number of fused-ring (bicyclic) bond motifs is 2. The van der Waals surface area contributed by atoms with Crippen LogP contribution in [0.25, 0.3) is 0 Å². The Hall–Kier alpha value is -3.61. The molecule has 294 valence electrons. The molecule has 3 saturated heterocycles. The van der Waals surface area contributed by atoms with E-state index in [1.807, 2.05) is 0 Å². The van der Waals surface area contributed by atoms with Gasteiger partial charge in [0.15, 0.2) is 17.3 Å². The molecule has 4 bridgehead atoms. The van der Waals surface area contributed by atoms with Gasteiger partial charge in [-0.25, -0.2) is 4.79 Å². The zero-order valence-corrected chi connectivity index (χ0v) is 31.0. The van der Waals surface area contributed by atoms with Crippen LogP contribution >= 0.6 is 0 Å². The van der Waals surface area contributed by atoms with E-state index in [1.165, 1.54) is 32.6 Å². The lowest BCUT2D eigenvalue weighted by molar-refractivity contribution is -0.454. The van der Waals surface area contributed by atoms with Gasteiger partial charge in [-0.1, -0.05) is 27.7 Å². The van der Waals surface area contributed by atoms with E-state index >= 15 is 0 Å². The number of furan rings is 1. The molecule has 16 atom stereocenters. The van der Waals surface area contributed by atoms with Gasteiger partial charge in [-0.3, -0.25) is 19.2 Å². The largest absolute Gasteiger partial charge is 0.472 e. The molecule has 17 nitrogen and oxygen atoms in total. The normalized spacial score (nSPS) is 53.6. The van der Waals surface area contributed by atoms with Gasteiger partial charge < -0.3 is 57.6 Å². The van der Waals surface area contributed by atoms with Crippen LogP contribution in [0.15, 0.2) is 23.0 Å². The first-order valence-corrected chi connectivity index (χ1v) is 18.2. The Morgan fingerprint density at radius 1 is 0.963 bits per heavy atom. The lowest BCUT2D eigenvalue weighted by Crippen LogP contribution is -2.97. The van der Waals surface area contributed by atoms with E-state index in [4.69, 9.17) is 42.3 Å². The van der Waals surface area contributed by atoms with Crippen molar-refractivity contribution in [1.82, 2.24) is 0 Å². The van der Waals surface area contributed by atoms with Crippen molar-refractivity contribution >= 4 is 29.8 Å². The lowest BCUT2D eigenvalue weighted by Gasteiger charge is -2.76. The number of methoxy groups -OCH3 is 1. The fourth-order valence-corrected chi connectivity index (χ4v) is 13.6. The van der Waals surface area contributed by atoms with Crippen molar-refractivity contribution in [3.8, 4) is 0 Å². The van der Waals surface area contributed by atoms with Crippen LogP contribution in [0.5, 0.6) is 0 Å². The van der Waals surface area contributed by atoms with E-state index in [-0.39, 0.29) is 12.8 Å². The maximum atomic E-state index is 14.5. The number of carbonyl (C=O) groups is 5. The maximum absolute atomic E-state index is 14.5. The summed E-state index contributed by atoms with van der Waals surface area (Å²) < 4.78 is 55.4. The highest BCUT2D eigenvalue weighted by molar-refractivity contribution is 5.84. The SMILES string of the molecule is COC(=O)C[C@H]1[C@@]2(C)C[C@]3(O)[C@](O)([C@@H](OC(=O)C(C)C)[C@]45O[C@]6(C)O[C@H]([C@H](O)[C@]78C[C@@]74[C@@H](OC(C)=O)C(=O)O[C@H]8c4ccoc4)[C@]5(O6)[C@]13C)[C@H]2OC(C)=O. The first-order valence-electron chi connectivity index (χ1n) is 18.2. The van der Waals surface area contributed by atoms with Crippen LogP contribution in [0.3, 0.4) is 0 Å². The summed E-state index contributed by atoms with van der Waals surface area (Å²) in [6.07, 6.45) is -8.36. The van der Waals surface area contributed by atoms with Crippen molar-refractivity contribution in [2.24, 2.45) is 33.5 Å². The van der Waals surface area contributed by atoms with E-state index < -0.39 is 135 Å². The molecule has 3 aliphatic heterocycles. The summed E-state index contributed by atoms with van der Waals surface area (Å²) in [6.45, 7) is 9.90. The molecule has 0 radical (unpaired) electrons. The topological polar surface area (TPSA) is 233 Å². The van der Waals surface area contributed by atoms with Gasteiger partial charge in [0.2, 0.25) is 6.10 Å². The molecule has 0 amide bonds. The highest BCUT2D eigenvalue weighted by Crippen LogP contribution is 2.95. The summed E-state index contributed by atoms with van der Waals surface area (Å²) >= 11 is 0.